The van der Waals surface area contributed by atoms with Crippen molar-refractivity contribution in [2.45, 2.75) is 17.7 Å². The van der Waals surface area contributed by atoms with Gasteiger partial charge in [0, 0.05) is 5.92 Å². The summed E-state index contributed by atoms with van der Waals surface area (Å²) < 4.78 is 27.9. The van der Waals surface area contributed by atoms with Crippen molar-refractivity contribution in [2.75, 3.05) is 5.32 Å². The first-order valence-corrected chi connectivity index (χ1v) is 6.97. The maximum atomic E-state index is 12.0. The Bertz CT molecular complexity index is 609. The van der Waals surface area contributed by atoms with Crippen LogP contribution < -0.4 is 5.32 Å². The molecule has 3 rings (SSSR count). The maximum Gasteiger partial charge on any atom is 0.286 e. The molecule has 0 bridgehead atoms. The van der Waals surface area contributed by atoms with E-state index < -0.39 is 10.0 Å². The number of hydrogen-bond acceptors (Lipinski definition) is 3. The van der Waals surface area contributed by atoms with Crippen LogP contribution in [0.2, 0.25) is 0 Å². The third-order valence-corrected chi connectivity index (χ3v) is 4.39. The van der Waals surface area contributed by atoms with Crippen LogP contribution >= 0.6 is 0 Å². The lowest BCUT2D eigenvalue weighted by Gasteiger charge is -2.21. The predicted molar refractivity (Wildman–Crippen MR) is 66.5 cm³/mol. The van der Waals surface area contributed by atoms with E-state index in [1.54, 1.807) is 18.2 Å². The Kier molecular flexibility index (Phi) is 2.29. The fourth-order valence-corrected chi connectivity index (χ4v) is 3.35. The molecule has 0 saturated carbocycles. The molecule has 0 amide bonds. The first kappa shape index (κ1) is 10.5. The molecule has 0 atom stereocenters. The Morgan fingerprint density at radius 1 is 1.18 bits per heavy atom. The smallest absolute Gasteiger partial charge is 0.286 e. The van der Waals surface area contributed by atoms with Gasteiger partial charge in [-0.1, -0.05) is 24.3 Å². The quantitative estimate of drug-likeness (QED) is 0.775. The van der Waals surface area contributed by atoms with Gasteiger partial charge in [0.25, 0.3) is 10.0 Å². The van der Waals surface area contributed by atoms with Gasteiger partial charge < -0.3 is 5.32 Å². The summed E-state index contributed by atoms with van der Waals surface area (Å²) in [4.78, 5) is 0.259. The van der Waals surface area contributed by atoms with Crippen molar-refractivity contribution in [3.8, 4) is 0 Å². The van der Waals surface area contributed by atoms with Crippen molar-refractivity contribution in [3.05, 3.63) is 36.4 Å². The van der Waals surface area contributed by atoms with Gasteiger partial charge in [-0.2, -0.15) is 8.42 Å². The number of nitrogens with zero attached hydrogens (tertiary/aromatic N) is 1. The van der Waals surface area contributed by atoms with Gasteiger partial charge in [0.05, 0.1) is 5.69 Å². The monoisotopic (exact) mass is 248 g/mol. The molecular formula is C12H12N2O2S. The van der Waals surface area contributed by atoms with Crippen LogP contribution in [-0.4, -0.2) is 14.3 Å². The zero-order valence-corrected chi connectivity index (χ0v) is 9.94. The molecule has 0 fully saturated rings. The van der Waals surface area contributed by atoms with E-state index in [1.807, 2.05) is 6.07 Å². The van der Waals surface area contributed by atoms with Gasteiger partial charge in [0.15, 0.2) is 0 Å². The van der Waals surface area contributed by atoms with Crippen molar-refractivity contribution < 1.29 is 8.42 Å². The lowest BCUT2D eigenvalue weighted by Crippen LogP contribution is -2.27. The van der Waals surface area contributed by atoms with Crippen molar-refractivity contribution >= 4 is 21.5 Å². The molecule has 1 aromatic carbocycles. The Morgan fingerprint density at radius 2 is 1.88 bits per heavy atom. The van der Waals surface area contributed by atoms with Crippen LogP contribution in [0.15, 0.2) is 45.7 Å². The highest BCUT2D eigenvalue weighted by molar-refractivity contribution is 7.90. The number of amidine groups is 1. The minimum absolute atomic E-state index is 0.165. The summed E-state index contributed by atoms with van der Waals surface area (Å²) >= 11 is 0. The number of anilines is 1. The number of para-hydroxylation sites is 1. The highest BCUT2D eigenvalue weighted by atomic mass is 32.2. The van der Waals surface area contributed by atoms with Gasteiger partial charge in [-0.05, 0) is 25.0 Å². The summed E-state index contributed by atoms with van der Waals surface area (Å²) in [5.41, 5.74) is 0.629. The third kappa shape index (κ3) is 1.76. The Morgan fingerprint density at radius 3 is 2.65 bits per heavy atom. The van der Waals surface area contributed by atoms with E-state index in [-0.39, 0.29) is 10.8 Å². The molecule has 4 nitrogen and oxygen atoms in total. The predicted octanol–water partition coefficient (Wildman–Crippen LogP) is 2.17. The number of sulfonamides is 1. The van der Waals surface area contributed by atoms with E-state index in [4.69, 9.17) is 0 Å². The first-order chi connectivity index (χ1) is 8.17. The summed E-state index contributed by atoms with van der Waals surface area (Å²) in [5, 5.41) is 3.13. The zero-order valence-electron chi connectivity index (χ0n) is 9.13. The topological polar surface area (TPSA) is 58.5 Å². The number of nitrogens with one attached hydrogen (secondary N) is 1. The van der Waals surface area contributed by atoms with Crippen LogP contribution in [0, 0.1) is 5.92 Å². The van der Waals surface area contributed by atoms with Crippen molar-refractivity contribution in [2.24, 2.45) is 10.3 Å². The fraction of sp³-hybridized carbons (Fsp3) is 0.250. The van der Waals surface area contributed by atoms with Gasteiger partial charge in [0.1, 0.15) is 10.7 Å². The molecule has 88 valence electrons. The molecule has 1 aliphatic carbocycles. The fourth-order valence-electron chi connectivity index (χ4n) is 2.15. The van der Waals surface area contributed by atoms with Gasteiger partial charge in [-0.15, -0.1) is 4.40 Å². The standard InChI is InChI=1S/C12H12N2O2S/c15-17(16)11-8-4-3-7-10(11)13-12(14-17)9-5-1-2-6-9/h1-4,7-9H,5-6H2,(H,13,14). The molecule has 0 spiro atoms. The van der Waals surface area contributed by atoms with E-state index in [0.717, 1.165) is 12.8 Å². The third-order valence-electron chi connectivity index (χ3n) is 3.04. The van der Waals surface area contributed by atoms with E-state index in [9.17, 15) is 8.42 Å². The summed E-state index contributed by atoms with van der Waals surface area (Å²) in [6, 6.07) is 6.86. The Hall–Kier alpha value is -1.62. The Balaban J connectivity index is 2.05. The second-order valence-corrected chi connectivity index (χ2v) is 5.79. The molecule has 1 aromatic rings. The van der Waals surface area contributed by atoms with E-state index >= 15 is 0 Å². The van der Waals surface area contributed by atoms with Crippen molar-refractivity contribution in [3.63, 3.8) is 0 Å². The number of rotatable bonds is 1. The van der Waals surface area contributed by atoms with E-state index in [1.165, 1.54) is 0 Å². The second kappa shape index (κ2) is 3.70. The molecule has 5 heteroatoms. The van der Waals surface area contributed by atoms with Gasteiger partial charge in [0.2, 0.25) is 0 Å². The Labute approximate surface area is 100 Å². The van der Waals surface area contributed by atoms with Crippen LogP contribution in [-0.2, 0) is 10.0 Å². The summed E-state index contributed by atoms with van der Waals surface area (Å²) in [7, 11) is -3.53. The average Bonchev–Trinajstić information content (AvgIpc) is 2.81. The zero-order chi connectivity index (χ0) is 11.9. The molecule has 0 saturated heterocycles. The maximum absolute atomic E-state index is 12.0. The molecule has 2 aliphatic rings. The molecule has 0 unspecified atom stereocenters. The second-order valence-electron chi connectivity index (χ2n) is 4.21. The number of benzene rings is 1. The molecule has 1 aliphatic heterocycles. The average molecular weight is 248 g/mol. The summed E-state index contributed by atoms with van der Waals surface area (Å²) in [6.07, 6.45) is 5.82. The SMILES string of the molecule is O=S1(=O)N=C(C2CC=CC2)Nc2ccccc21. The number of fused-ring (bicyclic) bond motifs is 1. The molecule has 0 aromatic heterocycles. The van der Waals surface area contributed by atoms with Gasteiger partial charge in [-0.3, -0.25) is 0 Å². The number of allylic oxidation sites excluding steroid dienone is 2. The first-order valence-electron chi connectivity index (χ1n) is 5.53. The minimum atomic E-state index is -3.53. The van der Waals surface area contributed by atoms with Crippen molar-refractivity contribution in [1.29, 1.82) is 0 Å². The summed E-state index contributed by atoms with van der Waals surface area (Å²) in [6.45, 7) is 0. The minimum Gasteiger partial charge on any atom is -0.342 e. The highest BCUT2D eigenvalue weighted by Crippen LogP contribution is 2.30. The van der Waals surface area contributed by atoms with Crippen LogP contribution in [0.5, 0.6) is 0 Å². The van der Waals surface area contributed by atoms with Crippen LogP contribution in [0.25, 0.3) is 0 Å². The van der Waals surface area contributed by atoms with Crippen LogP contribution in [0.3, 0.4) is 0 Å². The van der Waals surface area contributed by atoms with Crippen molar-refractivity contribution in [1.82, 2.24) is 0 Å². The molecule has 1 heterocycles. The largest absolute Gasteiger partial charge is 0.342 e. The molecule has 0 radical (unpaired) electrons. The van der Waals surface area contributed by atoms with E-state index in [2.05, 4.69) is 21.9 Å². The van der Waals surface area contributed by atoms with Gasteiger partial charge in [-0.25, -0.2) is 0 Å². The van der Waals surface area contributed by atoms with E-state index in [0.29, 0.717) is 11.5 Å². The van der Waals surface area contributed by atoms with Crippen LogP contribution in [0.4, 0.5) is 5.69 Å². The highest BCUT2D eigenvalue weighted by Gasteiger charge is 2.28. The lowest BCUT2D eigenvalue weighted by molar-refractivity contribution is 0.596. The van der Waals surface area contributed by atoms with Crippen LogP contribution in [0.1, 0.15) is 12.8 Å². The molecule has 1 N–H and O–H groups in total. The molecule has 17 heavy (non-hydrogen) atoms. The molecular weight excluding hydrogens is 236 g/mol. The lowest BCUT2D eigenvalue weighted by atomic mass is 10.1. The summed E-state index contributed by atoms with van der Waals surface area (Å²) in [5.74, 6) is 0.729. The normalized spacial score (nSPS) is 21.8. The number of hydrogen-bond donors (Lipinski definition) is 1. The van der Waals surface area contributed by atoms with Gasteiger partial charge >= 0.3 is 0 Å².